The molecule has 0 amide bonds. The SMILES string of the molecule is CCNc1ccc(N(CC)c2cc(-c3ccccc3OC)ncn2)cc1. The number of hydrogen-bond donors (Lipinski definition) is 1. The van der Waals surface area contributed by atoms with Gasteiger partial charge in [0.2, 0.25) is 0 Å². The molecule has 134 valence electrons. The Morgan fingerprint density at radius 1 is 1.00 bits per heavy atom. The Kier molecular flexibility index (Phi) is 5.69. The minimum absolute atomic E-state index is 0.801. The summed E-state index contributed by atoms with van der Waals surface area (Å²) in [5.74, 6) is 1.66. The number of nitrogens with zero attached hydrogens (tertiary/aromatic N) is 3. The van der Waals surface area contributed by atoms with E-state index >= 15 is 0 Å². The van der Waals surface area contributed by atoms with Crippen molar-refractivity contribution in [3.05, 3.63) is 60.9 Å². The van der Waals surface area contributed by atoms with Gasteiger partial charge < -0.3 is 15.0 Å². The molecule has 0 radical (unpaired) electrons. The number of nitrogens with one attached hydrogen (secondary N) is 1. The first-order valence-corrected chi connectivity index (χ1v) is 8.83. The van der Waals surface area contributed by atoms with Crippen LogP contribution in [0.25, 0.3) is 11.3 Å². The molecule has 0 saturated heterocycles. The van der Waals surface area contributed by atoms with E-state index in [9.17, 15) is 0 Å². The molecular formula is C21H24N4O. The average molecular weight is 348 g/mol. The summed E-state index contributed by atoms with van der Waals surface area (Å²) < 4.78 is 5.47. The highest BCUT2D eigenvalue weighted by Crippen LogP contribution is 2.31. The van der Waals surface area contributed by atoms with Gasteiger partial charge in [-0.2, -0.15) is 0 Å². The molecule has 0 bridgehead atoms. The first kappa shape index (κ1) is 17.7. The van der Waals surface area contributed by atoms with Crippen LogP contribution in [0.15, 0.2) is 60.9 Å². The quantitative estimate of drug-likeness (QED) is 0.668. The number of ether oxygens (including phenoxy) is 1. The molecule has 1 heterocycles. The zero-order valence-corrected chi connectivity index (χ0v) is 15.4. The lowest BCUT2D eigenvalue weighted by Gasteiger charge is -2.23. The monoisotopic (exact) mass is 348 g/mol. The topological polar surface area (TPSA) is 50.3 Å². The second-order valence-electron chi connectivity index (χ2n) is 5.78. The molecule has 3 aromatic rings. The summed E-state index contributed by atoms with van der Waals surface area (Å²) in [5, 5.41) is 3.32. The van der Waals surface area contributed by atoms with Crippen molar-refractivity contribution in [2.24, 2.45) is 0 Å². The van der Waals surface area contributed by atoms with Crippen molar-refractivity contribution in [2.75, 3.05) is 30.4 Å². The number of rotatable bonds is 7. The van der Waals surface area contributed by atoms with Crippen LogP contribution >= 0.6 is 0 Å². The molecule has 1 aromatic heterocycles. The van der Waals surface area contributed by atoms with E-state index in [0.717, 1.165) is 47.3 Å². The van der Waals surface area contributed by atoms with E-state index in [4.69, 9.17) is 4.74 Å². The fraction of sp³-hybridized carbons (Fsp3) is 0.238. The highest BCUT2D eigenvalue weighted by molar-refractivity contribution is 5.71. The van der Waals surface area contributed by atoms with E-state index in [2.05, 4.69) is 58.3 Å². The Balaban J connectivity index is 1.94. The molecule has 0 aliphatic heterocycles. The molecule has 2 aromatic carbocycles. The number of methoxy groups -OCH3 is 1. The van der Waals surface area contributed by atoms with Gasteiger partial charge in [0.25, 0.3) is 0 Å². The maximum absolute atomic E-state index is 5.47. The fourth-order valence-corrected chi connectivity index (χ4v) is 2.94. The third-order valence-corrected chi connectivity index (χ3v) is 4.19. The minimum atomic E-state index is 0.801. The van der Waals surface area contributed by atoms with Gasteiger partial charge in [0, 0.05) is 36.1 Å². The summed E-state index contributed by atoms with van der Waals surface area (Å²) in [4.78, 5) is 11.1. The first-order chi connectivity index (χ1) is 12.8. The molecule has 5 heteroatoms. The predicted octanol–water partition coefficient (Wildman–Crippen LogP) is 4.74. The zero-order valence-electron chi connectivity index (χ0n) is 15.4. The molecule has 0 saturated carbocycles. The van der Waals surface area contributed by atoms with Crippen LogP contribution in [0.5, 0.6) is 5.75 Å². The predicted molar refractivity (Wildman–Crippen MR) is 107 cm³/mol. The molecule has 26 heavy (non-hydrogen) atoms. The third kappa shape index (κ3) is 3.77. The van der Waals surface area contributed by atoms with E-state index < -0.39 is 0 Å². The van der Waals surface area contributed by atoms with Crippen molar-refractivity contribution in [1.82, 2.24) is 9.97 Å². The Morgan fingerprint density at radius 3 is 2.46 bits per heavy atom. The summed E-state index contributed by atoms with van der Waals surface area (Å²) in [6, 6.07) is 18.3. The second kappa shape index (κ2) is 8.34. The molecule has 0 atom stereocenters. The van der Waals surface area contributed by atoms with Crippen LogP contribution in [0.3, 0.4) is 0 Å². The van der Waals surface area contributed by atoms with Gasteiger partial charge in [-0.05, 0) is 50.2 Å². The van der Waals surface area contributed by atoms with Crippen LogP contribution in [0.2, 0.25) is 0 Å². The number of hydrogen-bond acceptors (Lipinski definition) is 5. The summed E-state index contributed by atoms with van der Waals surface area (Å²) in [6.07, 6.45) is 1.60. The van der Waals surface area contributed by atoms with Gasteiger partial charge in [-0.3, -0.25) is 0 Å². The normalized spacial score (nSPS) is 10.4. The van der Waals surface area contributed by atoms with Crippen molar-refractivity contribution in [3.63, 3.8) is 0 Å². The molecule has 1 N–H and O–H groups in total. The number of anilines is 3. The minimum Gasteiger partial charge on any atom is -0.496 e. The Hall–Kier alpha value is -3.08. The molecule has 0 unspecified atom stereocenters. The van der Waals surface area contributed by atoms with E-state index in [1.165, 1.54) is 0 Å². The van der Waals surface area contributed by atoms with Crippen LogP contribution in [0, 0.1) is 0 Å². The van der Waals surface area contributed by atoms with Crippen molar-refractivity contribution in [2.45, 2.75) is 13.8 Å². The van der Waals surface area contributed by atoms with Crippen molar-refractivity contribution >= 4 is 17.2 Å². The molecule has 0 fully saturated rings. The number of benzene rings is 2. The molecule has 0 aliphatic rings. The van der Waals surface area contributed by atoms with Crippen molar-refractivity contribution in [1.29, 1.82) is 0 Å². The lowest BCUT2D eigenvalue weighted by atomic mass is 10.1. The second-order valence-corrected chi connectivity index (χ2v) is 5.78. The van der Waals surface area contributed by atoms with E-state index in [1.807, 2.05) is 30.3 Å². The summed E-state index contributed by atoms with van der Waals surface area (Å²) >= 11 is 0. The summed E-state index contributed by atoms with van der Waals surface area (Å²) in [5.41, 5.74) is 4.01. The van der Waals surface area contributed by atoms with Gasteiger partial charge in [-0.25, -0.2) is 9.97 Å². The number of aromatic nitrogens is 2. The lowest BCUT2D eigenvalue weighted by molar-refractivity contribution is 0.416. The smallest absolute Gasteiger partial charge is 0.136 e. The van der Waals surface area contributed by atoms with Gasteiger partial charge in [-0.15, -0.1) is 0 Å². The molecule has 0 aliphatic carbocycles. The molecule has 5 nitrogen and oxygen atoms in total. The van der Waals surface area contributed by atoms with Crippen LogP contribution < -0.4 is 15.0 Å². The van der Waals surface area contributed by atoms with Gasteiger partial charge >= 0.3 is 0 Å². The summed E-state index contributed by atoms with van der Waals surface area (Å²) in [7, 11) is 1.67. The largest absolute Gasteiger partial charge is 0.496 e. The van der Waals surface area contributed by atoms with Gasteiger partial charge in [-0.1, -0.05) is 12.1 Å². The van der Waals surface area contributed by atoms with Gasteiger partial charge in [0.15, 0.2) is 0 Å². The Morgan fingerprint density at radius 2 is 1.77 bits per heavy atom. The van der Waals surface area contributed by atoms with E-state index in [0.29, 0.717) is 0 Å². The van der Waals surface area contributed by atoms with E-state index in [1.54, 1.807) is 13.4 Å². The number of para-hydroxylation sites is 1. The first-order valence-electron chi connectivity index (χ1n) is 8.83. The van der Waals surface area contributed by atoms with Gasteiger partial charge in [0.1, 0.15) is 17.9 Å². The van der Waals surface area contributed by atoms with Crippen LogP contribution in [-0.2, 0) is 0 Å². The maximum Gasteiger partial charge on any atom is 0.136 e. The highest BCUT2D eigenvalue weighted by atomic mass is 16.5. The molecule has 0 spiro atoms. The maximum atomic E-state index is 5.47. The van der Waals surface area contributed by atoms with E-state index in [-0.39, 0.29) is 0 Å². The standard InChI is InChI=1S/C21H24N4O/c1-4-22-16-10-12-17(13-11-16)25(5-2)21-14-19(23-15-24-21)18-8-6-7-9-20(18)26-3/h6-15,22H,4-5H2,1-3H3. The van der Waals surface area contributed by atoms with Crippen LogP contribution in [0.1, 0.15) is 13.8 Å². The Labute approximate surface area is 154 Å². The molecular weight excluding hydrogens is 324 g/mol. The zero-order chi connectivity index (χ0) is 18.4. The lowest BCUT2D eigenvalue weighted by Crippen LogP contribution is -2.17. The van der Waals surface area contributed by atoms with Crippen LogP contribution in [0.4, 0.5) is 17.2 Å². The van der Waals surface area contributed by atoms with Crippen molar-refractivity contribution in [3.8, 4) is 17.0 Å². The Bertz CT molecular complexity index is 849. The highest BCUT2D eigenvalue weighted by Gasteiger charge is 2.12. The third-order valence-electron chi connectivity index (χ3n) is 4.19. The van der Waals surface area contributed by atoms with Crippen molar-refractivity contribution < 1.29 is 4.74 Å². The molecule has 3 rings (SSSR count). The fourth-order valence-electron chi connectivity index (χ4n) is 2.94. The average Bonchev–Trinajstić information content (AvgIpc) is 2.70. The van der Waals surface area contributed by atoms with Gasteiger partial charge in [0.05, 0.1) is 12.8 Å². The summed E-state index contributed by atoms with van der Waals surface area (Å²) in [6.45, 7) is 5.92. The van der Waals surface area contributed by atoms with Crippen LogP contribution in [-0.4, -0.2) is 30.2 Å².